The van der Waals surface area contributed by atoms with Gasteiger partial charge in [-0.1, -0.05) is 115 Å². The standard InChI is InChI=1S/C32H26NO.C17H20N.Ir/c1-32(2,3)20-21-16-17-33-28(18-21)23-9-6-8-22(19-23)24-11-7-12-26-25(24)14-15-30-31(26)27-10-4-5-13-29(27)34-30;1-13-5-8-15(9-6-13)16-10-7-14(12-18-16)11-17(2,3)4;/h4-8,10-19H,20H2,1-3H3;5-8,10,12H,11H2,1-4H3;/q2*-1;. The molecule has 269 valence electrons. The summed E-state index contributed by atoms with van der Waals surface area (Å²) in [5, 5.41) is 4.75. The predicted molar refractivity (Wildman–Crippen MR) is 218 cm³/mol. The third kappa shape index (κ3) is 9.02. The molecule has 3 aromatic heterocycles. The van der Waals surface area contributed by atoms with Crippen LogP contribution >= 0.6 is 0 Å². The molecule has 1 radical (unpaired) electrons. The topological polar surface area (TPSA) is 38.9 Å². The molecule has 0 amide bonds. The molecule has 0 bridgehead atoms. The van der Waals surface area contributed by atoms with Crippen LogP contribution in [-0.4, -0.2) is 9.97 Å². The zero-order valence-electron chi connectivity index (χ0n) is 31.7. The van der Waals surface area contributed by atoms with Gasteiger partial charge in [-0.25, -0.2) is 0 Å². The van der Waals surface area contributed by atoms with Crippen molar-refractivity contribution in [2.75, 3.05) is 0 Å². The van der Waals surface area contributed by atoms with Gasteiger partial charge in [0.25, 0.3) is 0 Å². The summed E-state index contributed by atoms with van der Waals surface area (Å²) < 4.78 is 6.12. The van der Waals surface area contributed by atoms with Crippen LogP contribution in [0.4, 0.5) is 0 Å². The summed E-state index contributed by atoms with van der Waals surface area (Å²) >= 11 is 0. The zero-order chi connectivity index (χ0) is 36.5. The molecule has 0 atom stereocenters. The van der Waals surface area contributed by atoms with Gasteiger partial charge in [0.1, 0.15) is 11.2 Å². The first-order valence-corrected chi connectivity index (χ1v) is 18.1. The Kier molecular flexibility index (Phi) is 11.1. The Morgan fingerprint density at radius 3 is 2.11 bits per heavy atom. The molecule has 0 saturated carbocycles. The van der Waals surface area contributed by atoms with E-state index in [1.807, 2.05) is 36.7 Å². The van der Waals surface area contributed by atoms with Crippen molar-refractivity contribution in [1.82, 2.24) is 9.97 Å². The van der Waals surface area contributed by atoms with Crippen molar-refractivity contribution in [3.05, 3.63) is 156 Å². The van der Waals surface area contributed by atoms with Gasteiger partial charge < -0.3 is 14.4 Å². The van der Waals surface area contributed by atoms with E-state index < -0.39 is 0 Å². The molecular formula is C49H46IrN2O-2. The van der Waals surface area contributed by atoms with E-state index in [4.69, 9.17) is 4.42 Å². The summed E-state index contributed by atoms with van der Waals surface area (Å²) in [4.78, 5) is 9.19. The number of para-hydroxylation sites is 1. The van der Waals surface area contributed by atoms with Gasteiger partial charge in [0.05, 0.1) is 0 Å². The smallest absolute Gasteiger partial charge is 0.136 e. The summed E-state index contributed by atoms with van der Waals surface area (Å²) in [6, 6.07) is 46.8. The van der Waals surface area contributed by atoms with Gasteiger partial charge in [-0.3, -0.25) is 0 Å². The number of nitrogens with zero attached hydrogens (tertiary/aromatic N) is 2. The van der Waals surface area contributed by atoms with Crippen molar-refractivity contribution in [2.45, 2.75) is 61.3 Å². The maximum absolute atomic E-state index is 6.12. The van der Waals surface area contributed by atoms with Crippen molar-refractivity contribution in [3.8, 4) is 33.6 Å². The quantitative estimate of drug-likeness (QED) is 0.162. The average Bonchev–Trinajstić information content (AvgIpc) is 3.51. The molecule has 0 unspecified atom stereocenters. The second-order valence-electron chi connectivity index (χ2n) is 16.3. The second-order valence-corrected chi connectivity index (χ2v) is 16.3. The largest absolute Gasteiger partial charge is 0.456 e. The maximum atomic E-state index is 6.12. The zero-order valence-corrected chi connectivity index (χ0v) is 34.1. The Morgan fingerprint density at radius 2 is 1.38 bits per heavy atom. The first-order valence-electron chi connectivity index (χ1n) is 18.1. The third-order valence-electron chi connectivity index (χ3n) is 9.15. The molecule has 5 aromatic carbocycles. The molecule has 0 saturated heterocycles. The molecule has 0 aliphatic rings. The predicted octanol–water partition coefficient (Wildman–Crippen LogP) is 13.3. The van der Waals surface area contributed by atoms with Crippen LogP contribution in [0, 0.1) is 29.9 Å². The van der Waals surface area contributed by atoms with Crippen LogP contribution in [0.2, 0.25) is 0 Å². The number of rotatable bonds is 5. The van der Waals surface area contributed by atoms with Crippen molar-refractivity contribution in [3.63, 3.8) is 0 Å². The van der Waals surface area contributed by atoms with Gasteiger partial charge in [0.2, 0.25) is 0 Å². The summed E-state index contributed by atoms with van der Waals surface area (Å²) in [7, 11) is 0. The molecule has 0 aliphatic carbocycles. The number of hydrogen-bond acceptors (Lipinski definition) is 3. The Labute approximate surface area is 327 Å². The SMILES string of the molecule is CC(C)(C)Cc1ccnc(-c2[c-]ccc(-c3cccc4c3ccc3oc5ccccc5c34)c2)c1.Cc1c[c-]c(-c2ccc(CC(C)(C)C)cn2)cc1.[Ir]. The third-order valence-corrected chi connectivity index (χ3v) is 9.15. The maximum Gasteiger partial charge on any atom is 0.136 e. The van der Waals surface area contributed by atoms with Gasteiger partial charge in [0.15, 0.2) is 0 Å². The van der Waals surface area contributed by atoms with E-state index in [1.54, 1.807) is 0 Å². The number of hydrogen-bond donors (Lipinski definition) is 0. The number of aryl methyl sites for hydroxylation is 1. The minimum atomic E-state index is 0. The molecule has 0 spiro atoms. The van der Waals surface area contributed by atoms with E-state index in [0.29, 0.717) is 5.41 Å². The molecule has 53 heavy (non-hydrogen) atoms. The van der Waals surface area contributed by atoms with Crippen LogP contribution in [0.1, 0.15) is 58.2 Å². The fraction of sp³-hybridized carbons (Fsp3) is 0.224. The fourth-order valence-corrected chi connectivity index (χ4v) is 6.92. The van der Waals surface area contributed by atoms with Crippen molar-refractivity contribution < 1.29 is 24.5 Å². The van der Waals surface area contributed by atoms with Gasteiger partial charge in [0, 0.05) is 43.3 Å². The Morgan fingerprint density at radius 1 is 0.604 bits per heavy atom. The van der Waals surface area contributed by atoms with Gasteiger partial charge >= 0.3 is 0 Å². The molecule has 8 rings (SSSR count). The van der Waals surface area contributed by atoms with Crippen molar-refractivity contribution in [2.24, 2.45) is 10.8 Å². The van der Waals surface area contributed by atoms with Gasteiger partial charge in [-0.15, -0.1) is 70.8 Å². The minimum Gasteiger partial charge on any atom is -0.456 e. The number of fused-ring (bicyclic) bond motifs is 5. The summed E-state index contributed by atoms with van der Waals surface area (Å²) in [5.41, 5.74) is 12.6. The minimum absolute atomic E-state index is 0. The Balaban J connectivity index is 0.000000215. The van der Waals surface area contributed by atoms with E-state index in [-0.39, 0.29) is 25.5 Å². The summed E-state index contributed by atoms with van der Waals surface area (Å²) in [6.45, 7) is 15.6. The number of furan rings is 1. The number of aromatic nitrogens is 2. The first kappa shape index (κ1) is 37.9. The monoisotopic (exact) mass is 871 g/mol. The summed E-state index contributed by atoms with van der Waals surface area (Å²) in [6.07, 6.45) is 5.96. The van der Waals surface area contributed by atoms with Crippen LogP contribution in [0.25, 0.3) is 66.4 Å². The van der Waals surface area contributed by atoms with Crippen molar-refractivity contribution >= 4 is 32.7 Å². The van der Waals surface area contributed by atoms with E-state index >= 15 is 0 Å². The molecule has 0 N–H and O–H groups in total. The molecule has 4 heteroatoms. The van der Waals surface area contributed by atoms with Crippen LogP contribution in [0.3, 0.4) is 0 Å². The average molecular weight is 871 g/mol. The van der Waals surface area contributed by atoms with Crippen LogP contribution in [0.15, 0.2) is 132 Å². The van der Waals surface area contributed by atoms with Crippen LogP contribution < -0.4 is 0 Å². The fourth-order valence-electron chi connectivity index (χ4n) is 6.92. The van der Waals surface area contributed by atoms with E-state index in [2.05, 4.69) is 162 Å². The van der Waals surface area contributed by atoms with Crippen molar-refractivity contribution in [1.29, 1.82) is 0 Å². The Bertz CT molecular complexity index is 2480. The number of benzene rings is 5. The second kappa shape index (κ2) is 15.6. The molecule has 0 fully saturated rings. The molecule has 8 aromatic rings. The van der Waals surface area contributed by atoms with E-state index in [1.165, 1.54) is 38.4 Å². The molecular weight excluding hydrogens is 825 g/mol. The first-order chi connectivity index (χ1) is 24.9. The molecule has 3 nitrogen and oxygen atoms in total. The Hall–Kier alpha value is -4.89. The van der Waals surface area contributed by atoms with E-state index in [0.717, 1.165) is 57.5 Å². The molecule has 3 heterocycles. The van der Waals surface area contributed by atoms with E-state index in [9.17, 15) is 0 Å². The van der Waals surface area contributed by atoms with Gasteiger partial charge in [-0.2, -0.15) is 0 Å². The van der Waals surface area contributed by atoms with Crippen LogP contribution in [0.5, 0.6) is 0 Å². The van der Waals surface area contributed by atoms with Crippen LogP contribution in [-0.2, 0) is 32.9 Å². The van der Waals surface area contributed by atoms with Gasteiger partial charge in [-0.05, 0) is 75.2 Å². The number of pyridine rings is 2. The normalized spacial score (nSPS) is 11.7. The summed E-state index contributed by atoms with van der Waals surface area (Å²) in [5.74, 6) is 0. The molecule has 0 aliphatic heterocycles.